The number of hydrogen-bond acceptors (Lipinski definition) is 6. The Kier molecular flexibility index (Phi) is 5.75. The van der Waals surface area contributed by atoms with Gasteiger partial charge in [-0.05, 0) is 38.4 Å². The van der Waals surface area contributed by atoms with Crippen LogP contribution in [0.4, 0.5) is 14.6 Å². The number of hydrogen-bond donors (Lipinski definition) is 1. The molecule has 24 heavy (non-hydrogen) atoms. The summed E-state index contributed by atoms with van der Waals surface area (Å²) in [5.74, 6) is -1.43. The highest BCUT2D eigenvalue weighted by molar-refractivity contribution is 5.86. The maximum absolute atomic E-state index is 14.0. The molecule has 0 aliphatic heterocycles. The highest BCUT2D eigenvalue weighted by atomic mass is 19.1. The van der Waals surface area contributed by atoms with Gasteiger partial charge in [-0.3, -0.25) is 0 Å². The molecule has 2 aromatic rings. The fraction of sp³-hybridized carbons (Fsp3) is 0.312. The highest BCUT2D eigenvalue weighted by Gasteiger charge is 2.22. The Morgan fingerprint density at radius 3 is 2.38 bits per heavy atom. The van der Waals surface area contributed by atoms with Gasteiger partial charge in [-0.1, -0.05) is 6.07 Å². The predicted molar refractivity (Wildman–Crippen MR) is 84.6 cm³/mol. The summed E-state index contributed by atoms with van der Waals surface area (Å²) in [5.41, 5.74) is 0.0569. The summed E-state index contributed by atoms with van der Waals surface area (Å²) < 4.78 is 32.5. The molecule has 1 unspecified atom stereocenters. The van der Waals surface area contributed by atoms with Crippen LogP contribution in [-0.4, -0.2) is 48.8 Å². The zero-order valence-corrected chi connectivity index (χ0v) is 13.6. The van der Waals surface area contributed by atoms with Crippen molar-refractivity contribution in [3.8, 4) is 0 Å². The fourth-order valence-corrected chi connectivity index (χ4v) is 2.21. The predicted octanol–water partition coefficient (Wildman–Crippen LogP) is 2.26. The van der Waals surface area contributed by atoms with Crippen LogP contribution >= 0.6 is 0 Å². The third-order valence-corrected chi connectivity index (χ3v) is 3.49. The lowest BCUT2D eigenvalue weighted by molar-refractivity contribution is 0.0592. The molecule has 1 heterocycles. The highest BCUT2D eigenvalue weighted by Crippen LogP contribution is 2.24. The molecule has 1 aromatic carbocycles. The van der Waals surface area contributed by atoms with Crippen molar-refractivity contribution in [3.05, 3.63) is 53.2 Å². The Bertz CT molecular complexity index is 687. The Balaban J connectivity index is 2.14. The van der Waals surface area contributed by atoms with Gasteiger partial charge in [-0.15, -0.1) is 10.2 Å². The van der Waals surface area contributed by atoms with Crippen LogP contribution in [0.5, 0.6) is 0 Å². The SMILES string of the molecule is COC(=O)c1ccc(NCC(c2c(F)cccc2F)N(C)C)nn1. The van der Waals surface area contributed by atoms with Gasteiger partial charge in [0.05, 0.1) is 13.2 Å². The van der Waals surface area contributed by atoms with E-state index in [0.717, 1.165) is 0 Å². The summed E-state index contributed by atoms with van der Waals surface area (Å²) in [4.78, 5) is 13.0. The van der Waals surface area contributed by atoms with Crippen LogP contribution < -0.4 is 5.32 Å². The first-order valence-corrected chi connectivity index (χ1v) is 7.20. The van der Waals surface area contributed by atoms with Gasteiger partial charge in [0, 0.05) is 12.1 Å². The number of esters is 1. The number of methoxy groups -OCH3 is 1. The maximum atomic E-state index is 14.0. The summed E-state index contributed by atoms with van der Waals surface area (Å²) in [6.07, 6.45) is 0. The summed E-state index contributed by atoms with van der Waals surface area (Å²) in [6, 6.07) is 6.22. The van der Waals surface area contributed by atoms with E-state index in [2.05, 4.69) is 20.3 Å². The van der Waals surface area contributed by atoms with Gasteiger partial charge in [0.2, 0.25) is 0 Å². The monoisotopic (exact) mass is 336 g/mol. The number of ether oxygens (including phenoxy) is 1. The number of likely N-dealkylation sites (N-methyl/N-ethyl adjacent to an activating group) is 1. The molecule has 6 nitrogen and oxygen atoms in total. The van der Waals surface area contributed by atoms with E-state index in [9.17, 15) is 13.6 Å². The molecule has 1 atom stereocenters. The van der Waals surface area contributed by atoms with Gasteiger partial charge in [-0.25, -0.2) is 13.6 Å². The molecule has 0 bridgehead atoms. The first-order valence-electron chi connectivity index (χ1n) is 7.20. The summed E-state index contributed by atoms with van der Waals surface area (Å²) >= 11 is 0. The normalized spacial score (nSPS) is 12.1. The van der Waals surface area contributed by atoms with Crippen molar-refractivity contribution in [1.29, 1.82) is 0 Å². The second-order valence-electron chi connectivity index (χ2n) is 5.29. The molecule has 0 saturated carbocycles. The lowest BCUT2D eigenvalue weighted by Crippen LogP contribution is -2.29. The van der Waals surface area contributed by atoms with E-state index in [1.165, 1.54) is 31.4 Å². The molecular formula is C16H18F2N4O2. The van der Waals surface area contributed by atoms with E-state index in [0.29, 0.717) is 5.82 Å². The van der Waals surface area contributed by atoms with Crippen molar-refractivity contribution in [2.24, 2.45) is 0 Å². The minimum atomic E-state index is -0.609. The minimum Gasteiger partial charge on any atom is -0.464 e. The molecule has 0 radical (unpaired) electrons. The van der Waals surface area contributed by atoms with E-state index in [4.69, 9.17) is 0 Å². The number of aromatic nitrogens is 2. The molecule has 0 aliphatic carbocycles. The molecule has 128 valence electrons. The van der Waals surface area contributed by atoms with Crippen molar-refractivity contribution >= 4 is 11.8 Å². The van der Waals surface area contributed by atoms with Crippen LogP contribution in [0.15, 0.2) is 30.3 Å². The van der Waals surface area contributed by atoms with Gasteiger partial charge in [0.1, 0.15) is 17.5 Å². The lowest BCUT2D eigenvalue weighted by atomic mass is 10.0. The van der Waals surface area contributed by atoms with Crippen LogP contribution in [0.2, 0.25) is 0 Å². The van der Waals surface area contributed by atoms with Crippen LogP contribution in [0.1, 0.15) is 22.1 Å². The Morgan fingerprint density at radius 2 is 1.88 bits per heavy atom. The van der Waals surface area contributed by atoms with E-state index >= 15 is 0 Å². The molecule has 0 amide bonds. The molecule has 1 aromatic heterocycles. The number of carbonyl (C=O) groups is 1. The minimum absolute atomic E-state index is 0.0193. The van der Waals surface area contributed by atoms with E-state index in [1.807, 2.05) is 0 Å². The molecule has 0 fully saturated rings. The fourth-order valence-electron chi connectivity index (χ4n) is 2.21. The Morgan fingerprint density at radius 1 is 1.21 bits per heavy atom. The molecule has 2 rings (SSSR count). The van der Waals surface area contributed by atoms with Crippen molar-refractivity contribution in [3.63, 3.8) is 0 Å². The molecule has 1 N–H and O–H groups in total. The number of rotatable bonds is 6. The molecule has 8 heteroatoms. The largest absolute Gasteiger partial charge is 0.464 e. The number of anilines is 1. The molecule has 0 spiro atoms. The van der Waals surface area contributed by atoms with Crippen LogP contribution in [0, 0.1) is 11.6 Å². The quantitative estimate of drug-likeness (QED) is 0.816. The summed E-state index contributed by atoms with van der Waals surface area (Å²) in [5, 5.41) is 10.5. The smallest absolute Gasteiger partial charge is 0.358 e. The molecule has 0 saturated heterocycles. The van der Waals surface area contributed by atoms with Crippen molar-refractivity contribution < 1.29 is 18.3 Å². The van der Waals surface area contributed by atoms with Crippen molar-refractivity contribution in [2.45, 2.75) is 6.04 Å². The average Bonchev–Trinajstić information content (AvgIpc) is 2.57. The number of halogens is 2. The molecular weight excluding hydrogens is 318 g/mol. The number of nitrogens with one attached hydrogen (secondary N) is 1. The van der Waals surface area contributed by atoms with E-state index < -0.39 is 23.6 Å². The summed E-state index contributed by atoms with van der Waals surface area (Å²) in [6.45, 7) is 0.205. The first-order chi connectivity index (χ1) is 11.4. The van der Waals surface area contributed by atoms with E-state index in [-0.39, 0.29) is 17.8 Å². The maximum Gasteiger partial charge on any atom is 0.358 e. The van der Waals surface area contributed by atoms with Gasteiger partial charge in [-0.2, -0.15) is 0 Å². The Labute approximate surface area is 138 Å². The van der Waals surface area contributed by atoms with Gasteiger partial charge in [0.25, 0.3) is 0 Å². The average molecular weight is 336 g/mol. The van der Waals surface area contributed by atoms with Gasteiger partial charge < -0.3 is 15.0 Å². The number of nitrogens with zero attached hydrogens (tertiary/aromatic N) is 3. The second kappa shape index (κ2) is 7.78. The second-order valence-corrected chi connectivity index (χ2v) is 5.29. The first kappa shape index (κ1) is 17.7. The zero-order chi connectivity index (χ0) is 17.7. The topological polar surface area (TPSA) is 67.3 Å². The zero-order valence-electron chi connectivity index (χ0n) is 13.6. The summed E-state index contributed by atoms with van der Waals surface area (Å²) in [7, 11) is 4.70. The van der Waals surface area contributed by atoms with Gasteiger partial charge in [0.15, 0.2) is 5.69 Å². The van der Waals surface area contributed by atoms with E-state index in [1.54, 1.807) is 25.1 Å². The van der Waals surface area contributed by atoms with Crippen LogP contribution in [0.25, 0.3) is 0 Å². The third-order valence-electron chi connectivity index (χ3n) is 3.49. The van der Waals surface area contributed by atoms with Crippen molar-refractivity contribution in [1.82, 2.24) is 15.1 Å². The standard InChI is InChI=1S/C16H18F2N4O2/c1-22(2)13(15-10(17)5-4-6-11(15)18)9-19-14-8-7-12(20-21-14)16(23)24-3/h4-8,13H,9H2,1-3H3,(H,19,21). The van der Waals surface area contributed by atoms with Crippen LogP contribution in [0.3, 0.4) is 0 Å². The van der Waals surface area contributed by atoms with Gasteiger partial charge >= 0.3 is 5.97 Å². The van der Waals surface area contributed by atoms with Crippen molar-refractivity contribution in [2.75, 3.05) is 33.1 Å². The molecule has 0 aliphatic rings. The van der Waals surface area contributed by atoms with Crippen LogP contribution in [-0.2, 0) is 4.74 Å². The third kappa shape index (κ3) is 4.02. The Hall–Kier alpha value is -2.61. The number of benzene rings is 1. The lowest BCUT2D eigenvalue weighted by Gasteiger charge is -2.26. The number of carbonyl (C=O) groups excluding carboxylic acids is 1.